The van der Waals surface area contributed by atoms with Crippen LogP contribution in [-0.2, 0) is 0 Å². The summed E-state index contributed by atoms with van der Waals surface area (Å²) in [4.78, 5) is 6.82. The van der Waals surface area contributed by atoms with Crippen LogP contribution in [0.25, 0.3) is 11.3 Å². The number of nitrogens with zero attached hydrogens (tertiary/aromatic N) is 1. The Bertz CT molecular complexity index is 481. The normalized spacial score (nSPS) is 10.3. The predicted molar refractivity (Wildman–Crippen MR) is 60.0 cm³/mol. The summed E-state index contributed by atoms with van der Waals surface area (Å²) in [6, 6.07) is 5.43. The fourth-order valence-electron chi connectivity index (χ4n) is 1.31. The molecule has 4 nitrogen and oxygen atoms in total. The number of H-pyrrole nitrogens is 1. The van der Waals surface area contributed by atoms with Gasteiger partial charge in [0, 0.05) is 5.56 Å². The van der Waals surface area contributed by atoms with E-state index in [1.54, 1.807) is 19.4 Å². The number of nitrogen functional groups attached to an aromatic ring is 1. The van der Waals surface area contributed by atoms with Crippen LogP contribution >= 0.6 is 11.6 Å². The minimum absolute atomic E-state index is 0.372. The summed E-state index contributed by atoms with van der Waals surface area (Å²) < 4.78 is 5.06. The van der Waals surface area contributed by atoms with Gasteiger partial charge in [-0.15, -0.1) is 0 Å². The van der Waals surface area contributed by atoms with E-state index in [2.05, 4.69) is 9.97 Å². The van der Waals surface area contributed by atoms with Crippen LogP contribution in [0.15, 0.2) is 24.4 Å². The van der Waals surface area contributed by atoms with Gasteiger partial charge in [0.15, 0.2) is 5.95 Å². The maximum atomic E-state index is 6.08. The van der Waals surface area contributed by atoms with E-state index in [4.69, 9.17) is 22.1 Å². The molecule has 0 unspecified atom stereocenters. The quantitative estimate of drug-likeness (QED) is 0.821. The molecule has 5 heteroatoms. The zero-order chi connectivity index (χ0) is 10.8. The van der Waals surface area contributed by atoms with Gasteiger partial charge in [0.1, 0.15) is 5.75 Å². The van der Waals surface area contributed by atoms with Crippen molar-refractivity contribution in [3.05, 3.63) is 29.4 Å². The number of aromatic amines is 1. The van der Waals surface area contributed by atoms with Crippen molar-refractivity contribution in [2.75, 3.05) is 12.8 Å². The van der Waals surface area contributed by atoms with Gasteiger partial charge >= 0.3 is 0 Å². The van der Waals surface area contributed by atoms with E-state index in [-0.39, 0.29) is 0 Å². The van der Waals surface area contributed by atoms with E-state index in [9.17, 15) is 0 Å². The number of anilines is 1. The van der Waals surface area contributed by atoms with Crippen LogP contribution < -0.4 is 10.5 Å². The van der Waals surface area contributed by atoms with Crippen molar-refractivity contribution in [2.24, 2.45) is 0 Å². The molecule has 78 valence electrons. The number of hydrogen-bond acceptors (Lipinski definition) is 3. The average Bonchev–Trinajstić information content (AvgIpc) is 2.64. The van der Waals surface area contributed by atoms with E-state index in [1.165, 1.54) is 0 Å². The molecule has 0 bridgehead atoms. The first-order valence-corrected chi connectivity index (χ1v) is 4.73. The fraction of sp³-hybridized carbons (Fsp3) is 0.100. The van der Waals surface area contributed by atoms with Crippen molar-refractivity contribution >= 4 is 17.5 Å². The van der Waals surface area contributed by atoms with Gasteiger partial charge in [0.05, 0.1) is 24.0 Å². The lowest BCUT2D eigenvalue weighted by molar-refractivity contribution is 0.415. The van der Waals surface area contributed by atoms with Crippen LogP contribution in [0.2, 0.25) is 5.02 Å². The highest BCUT2D eigenvalue weighted by atomic mass is 35.5. The summed E-state index contributed by atoms with van der Waals surface area (Å²) >= 11 is 6.08. The molecule has 0 atom stereocenters. The van der Waals surface area contributed by atoms with E-state index in [0.29, 0.717) is 11.0 Å². The maximum Gasteiger partial charge on any atom is 0.197 e. The van der Waals surface area contributed by atoms with Crippen molar-refractivity contribution in [1.29, 1.82) is 0 Å². The summed E-state index contributed by atoms with van der Waals surface area (Å²) in [6.07, 6.45) is 1.64. The molecule has 0 aliphatic heterocycles. The third kappa shape index (κ3) is 1.89. The molecule has 2 aromatic rings. The molecule has 1 aromatic carbocycles. The van der Waals surface area contributed by atoms with Gasteiger partial charge < -0.3 is 15.5 Å². The number of halogens is 1. The number of nitrogens with two attached hydrogens (primary N) is 1. The zero-order valence-corrected chi connectivity index (χ0v) is 8.88. The largest absolute Gasteiger partial charge is 0.497 e. The second-order valence-corrected chi connectivity index (χ2v) is 3.44. The van der Waals surface area contributed by atoms with Crippen LogP contribution in [0.3, 0.4) is 0 Å². The highest BCUT2D eigenvalue weighted by molar-refractivity contribution is 6.33. The van der Waals surface area contributed by atoms with Crippen LogP contribution in [0, 0.1) is 0 Å². The Hall–Kier alpha value is -1.68. The molecule has 0 spiro atoms. The Balaban J connectivity index is 2.45. The minimum Gasteiger partial charge on any atom is -0.497 e. The first kappa shape index (κ1) is 9.86. The zero-order valence-electron chi connectivity index (χ0n) is 8.12. The number of hydrogen-bond donors (Lipinski definition) is 2. The number of imidazole rings is 1. The Labute approximate surface area is 92.0 Å². The van der Waals surface area contributed by atoms with Crippen LogP contribution in [0.1, 0.15) is 0 Å². The number of methoxy groups -OCH3 is 1. The molecule has 0 saturated heterocycles. The topological polar surface area (TPSA) is 63.9 Å². The van der Waals surface area contributed by atoms with Crippen LogP contribution in [0.4, 0.5) is 5.95 Å². The third-order valence-corrected chi connectivity index (χ3v) is 2.37. The van der Waals surface area contributed by atoms with Gasteiger partial charge in [-0.25, -0.2) is 4.98 Å². The van der Waals surface area contributed by atoms with Gasteiger partial charge in [-0.05, 0) is 18.2 Å². The van der Waals surface area contributed by atoms with E-state index in [1.807, 2.05) is 12.1 Å². The summed E-state index contributed by atoms with van der Waals surface area (Å²) in [6.45, 7) is 0. The number of aromatic nitrogens is 2. The first-order chi connectivity index (χ1) is 7.20. The van der Waals surface area contributed by atoms with Gasteiger partial charge in [0.25, 0.3) is 0 Å². The number of nitrogens with one attached hydrogen (secondary N) is 1. The molecular weight excluding hydrogens is 214 g/mol. The molecule has 0 saturated carbocycles. The molecule has 0 fully saturated rings. The highest BCUT2D eigenvalue weighted by Gasteiger charge is 2.06. The van der Waals surface area contributed by atoms with Gasteiger partial charge in [-0.2, -0.15) is 0 Å². The van der Waals surface area contributed by atoms with E-state index >= 15 is 0 Å². The van der Waals surface area contributed by atoms with E-state index in [0.717, 1.165) is 17.0 Å². The Morgan fingerprint density at radius 2 is 2.27 bits per heavy atom. The average molecular weight is 224 g/mol. The Morgan fingerprint density at radius 3 is 2.80 bits per heavy atom. The van der Waals surface area contributed by atoms with Crippen molar-refractivity contribution in [2.45, 2.75) is 0 Å². The second kappa shape index (κ2) is 3.82. The first-order valence-electron chi connectivity index (χ1n) is 4.35. The van der Waals surface area contributed by atoms with Crippen molar-refractivity contribution < 1.29 is 4.74 Å². The summed E-state index contributed by atoms with van der Waals surface area (Å²) in [5.41, 5.74) is 7.13. The lowest BCUT2D eigenvalue weighted by Gasteiger charge is -2.04. The van der Waals surface area contributed by atoms with Gasteiger partial charge in [0.2, 0.25) is 0 Å². The molecular formula is C10H10ClN3O. The fourth-order valence-corrected chi connectivity index (χ4v) is 1.59. The second-order valence-electron chi connectivity index (χ2n) is 3.03. The highest BCUT2D eigenvalue weighted by Crippen LogP contribution is 2.30. The molecule has 3 N–H and O–H groups in total. The predicted octanol–water partition coefficient (Wildman–Crippen LogP) is 2.32. The van der Waals surface area contributed by atoms with Crippen molar-refractivity contribution in [1.82, 2.24) is 9.97 Å². The van der Waals surface area contributed by atoms with E-state index < -0.39 is 0 Å². The molecule has 0 aliphatic rings. The molecule has 1 heterocycles. The van der Waals surface area contributed by atoms with Crippen LogP contribution in [-0.4, -0.2) is 17.1 Å². The number of ether oxygens (including phenoxy) is 1. The Kier molecular flexibility index (Phi) is 2.51. The Morgan fingerprint density at radius 1 is 1.47 bits per heavy atom. The standard InChI is InChI=1S/C10H10ClN3O/c1-15-6-2-3-7(8(11)4-6)9-5-13-10(12)14-9/h2-5H,1H3,(H3,12,13,14). The minimum atomic E-state index is 0.372. The van der Waals surface area contributed by atoms with Crippen molar-refractivity contribution in [3.63, 3.8) is 0 Å². The summed E-state index contributed by atoms with van der Waals surface area (Å²) in [5, 5.41) is 0.595. The lowest BCUT2D eigenvalue weighted by Crippen LogP contribution is -1.87. The smallest absolute Gasteiger partial charge is 0.197 e. The molecule has 0 amide bonds. The van der Waals surface area contributed by atoms with Gasteiger partial charge in [-0.3, -0.25) is 0 Å². The maximum absolute atomic E-state index is 6.08. The van der Waals surface area contributed by atoms with Crippen molar-refractivity contribution in [3.8, 4) is 17.0 Å². The third-order valence-electron chi connectivity index (χ3n) is 2.06. The van der Waals surface area contributed by atoms with Crippen LogP contribution in [0.5, 0.6) is 5.75 Å². The summed E-state index contributed by atoms with van der Waals surface area (Å²) in [5.74, 6) is 1.09. The lowest BCUT2D eigenvalue weighted by atomic mass is 10.1. The molecule has 15 heavy (non-hydrogen) atoms. The molecule has 0 radical (unpaired) electrons. The van der Waals surface area contributed by atoms with Gasteiger partial charge in [-0.1, -0.05) is 11.6 Å². The SMILES string of the molecule is COc1ccc(-c2cnc(N)[nH]2)c(Cl)c1. The molecule has 2 rings (SSSR count). The summed E-state index contributed by atoms with van der Waals surface area (Å²) in [7, 11) is 1.60. The monoisotopic (exact) mass is 223 g/mol. The molecule has 1 aromatic heterocycles. The number of benzene rings is 1. The number of rotatable bonds is 2. The molecule has 0 aliphatic carbocycles.